The number of ether oxygens (including phenoxy) is 1. The van der Waals surface area contributed by atoms with Gasteiger partial charge in [-0.1, -0.05) is 18.2 Å². The number of anilines is 1. The maximum Gasteiger partial charge on any atom is 0.253 e. The normalized spacial score (nSPS) is 16.4. The Balaban J connectivity index is 1.38. The summed E-state index contributed by atoms with van der Waals surface area (Å²) in [6.45, 7) is 0.983. The number of carbonyl (C=O) groups is 2. The molecule has 4 rings (SSSR count). The van der Waals surface area contributed by atoms with Crippen molar-refractivity contribution < 1.29 is 14.3 Å². The highest BCUT2D eigenvalue weighted by molar-refractivity contribution is 7.18. The van der Waals surface area contributed by atoms with E-state index < -0.39 is 6.10 Å². The highest BCUT2D eigenvalue weighted by atomic mass is 32.1. The van der Waals surface area contributed by atoms with Crippen LogP contribution < -0.4 is 10.6 Å². The number of para-hydroxylation sites is 1. The van der Waals surface area contributed by atoms with E-state index in [0.717, 1.165) is 28.1 Å². The number of aromatic nitrogens is 1. The zero-order chi connectivity index (χ0) is 18.6. The lowest BCUT2D eigenvalue weighted by Crippen LogP contribution is -2.27. The minimum Gasteiger partial charge on any atom is -0.368 e. The summed E-state index contributed by atoms with van der Waals surface area (Å²) in [5.74, 6) is -0.373. The van der Waals surface area contributed by atoms with Gasteiger partial charge >= 0.3 is 0 Å². The highest BCUT2D eigenvalue weighted by Crippen LogP contribution is 2.21. The fourth-order valence-corrected chi connectivity index (χ4v) is 3.91. The minimum absolute atomic E-state index is 0.167. The summed E-state index contributed by atoms with van der Waals surface area (Å²) in [5, 5.41) is 6.55. The number of carbonyl (C=O) groups excluding carboxylic acids is 2. The Kier molecular flexibility index (Phi) is 5.13. The molecule has 0 bridgehead atoms. The Morgan fingerprint density at radius 1 is 1.19 bits per heavy atom. The summed E-state index contributed by atoms with van der Waals surface area (Å²) >= 11 is 1.56. The second-order valence-electron chi connectivity index (χ2n) is 6.33. The molecule has 6 nitrogen and oxygen atoms in total. The summed E-state index contributed by atoms with van der Waals surface area (Å²) in [7, 11) is 0. The SMILES string of the molecule is O=C(NCc1nc2ccccc2s1)c1cccc(NC(=O)C2CCCO2)c1. The van der Waals surface area contributed by atoms with Crippen LogP contribution in [-0.4, -0.2) is 29.5 Å². The molecule has 27 heavy (non-hydrogen) atoms. The van der Waals surface area contributed by atoms with Crippen molar-refractivity contribution in [1.82, 2.24) is 10.3 Å². The molecule has 0 spiro atoms. The lowest BCUT2D eigenvalue weighted by molar-refractivity contribution is -0.124. The molecule has 3 aromatic rings. The smallest absolute Gasteiger partial charge is 0.253 e. The van der Waals surface area contributed by atoms with E-state index in [9.17, 15) is 9.59 Å². The monoisotopic (exact) mass is 381 g/mol. The molecule has 7 heteroatoms. The summed E-state index contributed by atoms with van der Waals surface area (Å²) in [5.41, 5.74) is 2.01. The molecule has 1 unspecified atom stereocenters. The predicted molar refractivity (Wildman–Crippen MR) is 105 cm³/mol. The van der Waals surface area contributed by atoms with Gasteiger partial charge < -0.3 is 15.4 Å². The first-order valence-corrected chi connectivity index (χ1v) is 9.66. The third-order valence-electron chi connectivity index (χ3n) is 4.35. The number of rotatable bonds is 5. The van der Waals surface area contributed by atoms with E-state index in [1.165, 1.54) is 0 Å². The molecule has 138 valence electrons. The number of nitrogens with zero attached hydrogens (tertiary/aromatic N) is 1. The van der Waals surface area contributed by atoms with Crippen molar-refractivity contribution in [1.29, 1.82) is 0 Å². The standard InChI is InChI=1S/C20H19N3O3S/c24-19(21-12-18-23-15-7-1-2-9-17(15)27-18)13-5-3-6-14(11-13)22-20(25)16-8-4-10-26-16/h1-3,5-7,9,11,16H,4,8,10,12H2,(H,21,24)(H,22,25). The van der Waals surface area contributed by atoms with Crippen molar-refractivity contribution in [2.75, 3.05) is 11.9 Å². The van der Waals surface area contributed by atoms with Crippen LogP contribution in [0.4, 0.5) is 5.69 Å². The van der Waals surface area contributed by atoms with E-state index in [1.807, 2.05) is 24.3 Å². The molecule has 1 fully saturated rings. The first-order chi connectivity index (χ1) is 13.2. The molecule has 0 radical (unpaired) electrons. The number of nitrogens with one attached hydrogen (secondary N) is 2. The van der Waals surface area contributed by atoms with Crippen molar-refractivity contribution in [3.63, 3.8) is 0 Å². The zero-order valence-electron chi connectivity index (χ0n) is 14.6. The molecule has 1 saturated heterocycles. The molecule has 0 aliphatic carbocycles. The highest BCUT2D eigenvalue weighted by Gasteiger charge is 2.23. The average molecular weight is 381 g/mol. The van der Waals surface area contributed by atoms with E-state index in [2.05, 4.69) is 15.6 Å². The Bertz CT molecular complexity index is 946. The van der Waals surface area contributed by atoms with E-state index in [-0.39, 0.29) is 11.8 Å². The lowest BCUT2D eigenvalue weighted by Gasteiger charge is -2.11. The number of thiazole rings is 1. The number of fused-ring (bicyclic) bond motifs is 1. The number of amides is 2. The minimum atomic E-state index is -0.401. The van der Waals surface area contributed by atoms with Gasteiger partial charge in [-0.25, -0.2) is 4.98 Å². The molecular weight excluding hydrogens is 362 g/mol. The molecular formula is C20H19N3O3S. The molecule has 2 aromatic carbocycles. The van der Waals surface area contributed by atoms with Gasteiger partial charge in [0.15, 0.2) is 0 Å². The third kappa shape index (κ3) is 4.15. The summed E-state index contributed by atoms with van der Waals surface area (Å²) in [6, 6.07) is 14.8. The number of hydrogen-bond donors (Lipinski definition) is 2. The van der Waals surface area contributed by atoms with Gasteiger partial charge in [0.1, 0.15) is 11.1 Å². The second-order valence-corrected chi connectivity index (χ2v) is 7.44. The van der Waals surface area contributed by atoms with Gasteiger partial charge in [-0.05, 0) is 43.2 Å². The molecule has 0 saturated carbocycles. The number of benzene rings is 2. The molecule has 1 atom stereocenters. The van der Waals surface area contributed by atoms with Crippen LogP contribution in [0.3, 0.4) is 0 Å². The van der Waals surface area contributed by atoms with E-state index in [4.69, 9.17) is 4.74 Å². The summed E-state index contributed by atoms with van der Waals surface area (Å²) in [6.07, 6.45) is 1.22. The van der Waals surface area contributed by atoms with Crippen LogP contribution >= 0.6 is 11.3 Å². The van der Waals surface area contributed by atoms with Gasteiger partial charge in [0.25, 0.3) is 11.8 Å². The predicted octanol–water partition coefficient (Wildman–Crippen LogP) is 3.34. The summed E-state index contributed by atoms with van der Waals surface area (Å²) < 4.78 is 6.48. The largest absolute Gasteiger partial charge is 0.368 e. The zero-order valence-corrected chi connectivity index (χ0v) is 15.4. The van der Waals surface area contributed by atoms with Crippen LogP contribution in [0.2, 0.25) is 0 Å². The molecule has 2 amide bonds. The Morgan fingerprint density at radius 3 is 2.89 bits per heavy atom. The van der Waals surface area contributed by atoms with Crippen molar-refractivity contribution in [2.24, 2.45) is 0 Å². The maximum atomic E-state index is 12.5. The topological polar surface area (TPSA) is 80.3 Å². The van der Waals surface area contributed by atoms with E-state index in [1.54, 1.807) is 35.6 Å². The van der Waals surface area contributed by atoms with Crippen molar-refractivity contribution >= 4 is 39.1 Å². The van der Waals surface area contributed by atoms with Gasteiger partial charge in [-0.2, -0.15) is 0 Å². The average Bonchev–Trinajstić information content (AvgIpc) is 3.35. The van der Waals surface area contributed by atoms with Crippen molar-refractivity contribution in [3.8, 4) is 0 Å². The van der Waals surface area contributed by atoms with Crippen LogP contribution in [0.1, 0.15) is 28.2 Å². The molecule has 2 heterocycles. The van der Waals surface area contributed by atoms with Crippen LogP contribution in [0.5, 0.6) is 0 Å². The fourth-order valence-electron chi connectivity index (χ4n) is 3.00. The maximum absolute atomic E-state index is 12.5. The summed E-state index contributed by atoms with van der Waals surface area (Å²) in [4.78, 5) is 29.1. The van der Waals surface area contributed by atoms with Gasteiger partial charge in [0.05, 0.1) is 16.8 Å². The van der Waals surface area contributed by atoms with Crippen molar-refractivity contribution in [2.45, 2.75) is 25.5 Å². The first kappa shape index (κ1) is 17.6. The van der Waals surface area contributed by atoms with Gasteiger partial charge in [-0.3, -0.25) is 9.59 Å². The molecule has 1 aliphatic heterocycles. The van der Waals surface area contributed by atoms with Crippen LogP contribution in [0.25, 0.3) is 10.2 Å². The van der Waals surface area contributed by atoms with Crippen LogP contribution in [0.15, 0.2) is 48.5 Å². The van der Waals surface area contributed by atoms with E-state index >= 15 is 0 Å². The third-order valence-corrected chi connectivity index (χ3v) is 5.39. The molecule has 1 aromatic heterocycles. The van der Waals surface area contributed by atoms with Crippen LogP contribution in [-0.2, 0) is 16.1 Å². The molecule has 1 aliphatic rings. The van der Waals surface area contributed by atoms with E-state index in [0.29, 0.717) is 24.4 Å². The Labute approximate surface area is 160 Å². The van der Waals surface area contributed by atoms with Crippen LogP contribution in [0, 0.1) is 0 Å². The number of hydrogen-bond acceptors (Lipinski definition) is 5. The van der Waals surface area contributed by atoms with Gasteiger partial charge in [0, 0.05) is 17.9 Å². The van der Waals surface area contributed by atoms with Crippen molar-refractivity contribution in [3.05, 3.63) is 59.1 Å². The first-order valence-electron chi connectivity index (χ1n) is 8.84. The fraction of sp³-hybridized carbons (Fsp3) is 0.250. The second kappa shape index (κ2) is 7.85. The molecule has 2 N–H and O–H groups in total. The Hall–Kier alpha value is -2.77. The lowest BCUT2D eigenvalue weighted by atomic mass is 10.1. The van der Waals surface area contributed by atoms with Gasteiger partial charge in [0.2, 0.25) is 0 Å². The Morgan fingerprint density at radius 2 is 2.07 bits per heavy atom. The van der Waals surface area contributed by atoms with Gasteiger partial charge in [-0.15, -0.1) is 11.3 Å². The quantitative estimate of drug-likeness (QED) is 0.710.